The third-order valence-electron chi connectivity index (χ3n) is 2.27. The van der Waals surface area contributed by atoms with Gasteiger partial charge in [-0.3, -0.25) is 0 Å². The van der Waals surface area contributed by atoms with E-state index in [2.05, 4.69) is 19.1 Å². The van der Waals surface area contributed by atoms with Gasteiger partial charge in [0.05, 0.1) is 0 Å². The minimum absolute atomic E-state index is 0.605. The molecule has 0 aromatic heterocycles. The molecule has 1 atom stereocenters. The second kappa shape index (κ2) is 9.71. The number of carboxylic acid groups (broad SMARTS) is 1. The van der Waals surface area contributed by atoms with E-state index in [0.29, 0.717) is 6.42 Å². The Kier molecular flexibility index (Phi) is 9.18. The summed E-state index contributed by atoms with van der Waals surface area (Å²) in [6.45, 7) is 2.15. The van der Waals surface area contributed by atoms with Gasteiger partial charge in [-0.1, -0.05) is 25.5 Å². The van der Waals surface area contributed by atoms with Crippen molar-refractivity contribution in [2.45, 2.75) is 51.6 Å². The average molecular weight is 214 g/mol. The highest BCUT2D eigenvalue weighted by atomic mass is 16.5. The van der Waals surface area contributed by atoms with Gasteiger partial charge in [-0.25, -0.2) is 4.79 Å². The van der Waals surface area contributed by atoms with Gasteiger partial charge >= 0.3 is 5.97 Å². The predicted molar refractivity (Wildman–Crippen MR) is 60.9 cm³/mol. The van der Waals surface area contributed by atoms with Crippen molar-refractivity contribution >= 4 is 5.97 Å². The van der Waals surface area contributed by atoms with E-state index >= 15 is 0 Å². The lowest BCUT2D eigenvalue weighted by Crippen LogP contribution is -2.21. The van der Waals surface area contributed by atoms with Crippen molar-refractivity contribution in [1.29, 1.82) is 0 Å². The van der Waals surface area contributed by atoms with Crippen LogP contribution in [0.3, 0.4) is 0 Å². The lowest BCUT2D eigenvalue weighted by molar-refractivity contribution is -0.148. The quantitative estimate of drug-likeness (QED) is 0.474. The van der Waals surface area contributed by atoms with E-state index in [1.54, 1.807) is 0 Å². The molecule has 0 heterocycles. The fourth-order valence-corrected chi connectivity index (χ4v) is 1.34. The van der Waals surface area contributed by atoms with Crippen molar-refractivity contribution in [1.82, 2.24) is 0 Å². The van der Waals surface area contributed by atoms with Crippen LogP contribution < -0.4 is 0 Å². The fourth-order valence-electron chi connectivity index (χ4n) is 1.34. The molecule has 0 spiro atoms. The number of aliphatic carboxylic acids is 1. The SMILES string of the molecule is CCCC=CCCCCC(OC)C(=O)O. The minimum atomic E-state index is -0.862. The molecule has 0 fully saturated rings. The monoisotopic (exact) mass is 214 g/mol. The second-order valence-electron chi connectivity index (χ2n) is 3.61. The van der Waals surface area contributed by atoms with Gasteiger partial charge in [-0.15, -0.1) is 0 Å². The van der Waals surface area contributed by atoms with Crippen LogP contribution in [0, 0.1) is 0 Å². The molecule has 0 bridgehead atoms. The molecule has 0 aromatic carbocycles. The smallest absolute Gasteiger partial charge is 0.332 e. The fraction of sp³-hybridized carbons (Fsp3) is 0.750. The molecule has 0 saturated carbocycles. The number of rotatable bonds is 9. The highest BCUT2D eigenvalue weighted by Crippen LogP contribution is 2.07. The number of hydrogen-bond acceptors (Lipinski definition) is 2. The molecular weight excluding hydrogens is 192 g/mol. The van der Waals surface area contributed by atoms with Crippen LogP contribution in [0.25, 0.3) is 0 Å². The van der Waals surface area contributed by atoms with Gasteiger partial charge in [0.15, 0.2) is 6.10 Å². The number of carbonyl (C=O) groups is 1. The summed E-state index contributed by atoms with van der Waals surface area (Å²) in [5.41, 5.74) is 0. The van der Waals surface area contributed by atoms with Crippen molar-refractivity contribution in [3.8, 4) is 0 Å². The van der Waals surface area contributed by atoms with E-state index < -0.39 is 12.1 Å². The molecule has 0 radical (unpaired) electrons. The molecule has 1 N–H and O–H groups in total. The van der Waals surface area contributed by atoms with Crippen LogP contribution in [0.15, 0.2) is 12.2 Å². The van der Waals surface area contributed by atoms with Gasteiger partial charge in [0.25, 0.3) is 0 Å². The zero-order valence-electron chi connectivity index (χ0n) is 9.74. The van der Waals surface area contributed by atoms with Crippen LogP contribution in [0.5, 0.6) is 0 Å². The lowest BCUT2D eigenvalue weighted by Gasteiger charge is -2.08. The molecule has 88 valence electrons. The first-order valence-electron chi connectivity index (χ1n) is 5.63. The van der Waals surface area contributed by atoms with E-state index in [1.807, 2.05) is 0 Å². The Balaban J connectivity index is 3.40. The standard InChI is InChI=1S/C12H22O3/c1-3-4-5-6-7-8-9-10-11(15-2)12(13)14/h5-6,11H,3-4,7-10H2,1-2H3,(H,13,14). The number of carboxylic acids is 1. The van der Waals surface area contributed by atoms with Gasteiger partial charge in [-0.2, -0.15) is 0 Å². The van der Waals surface area contributed by atoms with Gasteiger partial charge in [-0.05, 0) is 32.1 Å². The van der Waals surface area contributed by atoms with Crippen LogP contribution in [-0.2, 0) is 9.53 Å². The first-order valence-corrected chi connectivity index (χ1v) is 5.63. The molecule has 0 saturated heterocycles. The van der Waals surface area contributed by atoms with Crippen LogP contribution in [-0.4, -0.2) is 24.3 Å². The maximum Gasteiger partial charge on any atom is 0.332 e. The Bertz CT molecular complexity index is 187. The molecule has 1 unspecified atom stereocenters. The minimum Gasteiger partial charge on any atom is -0.479 e. The Labute approximate surface area is 92.1 Å². The number of allylic oxidation sites excluding steroid dienone is 2. The van der Waals surface area contributed by atoms with Gasteiger partial charge in [0.1, 0.15) is 0 Å². The number of methoxy groups -OCH3 is 1. The van der Waals surface area contributed by atoms with E-state index in [4.69, 9.17) is 9.84 Å². The largest absolute Gasteiger partial charge is 0.479 e. The Morgan fingerprint density at radius 2 is 2.00 bits per heavy atom. The topological polar surface area (TPSA) is 46.5 Å². The number of hydrogen-bond donors (Lipinski definition) is 1. The molecule has 3 heteroatoms. The summed E-state index contributed by atoms with van der Waals surface area (Å²) in [4.78, 5) is 10.6. The third kappa shape index (κ3) is 8.18. The van der Waals surface area contributed by atoms with E-state index in [1.165, 1.54) is 13.5 Å². The van der Waals surface area contributed by atoms with Crippen molar-refractivity contribution in [3.63, 3.8) is 0 Å². The lowest BCUT2D eigenvalue weighted by atomic mass is 10.1. The summed E-state index contributed by atoms with van der Waals surface area (Å²) < 4.78 is 4.84. The molecule has 0 aliphatic carbocycles. The average Bonchev–Trinajstić information content (AvgIpc) is 2.21. The van der Waals surface area contributed by atoms with Crippen molar-refractivity contribution in [3.05, 3.63) is 12.2 Å². The number of unbranched alkanes of at least 4 members (excludes halogenated alkanes) is 3. The summed E-state index contributed by atoms with van der Waals surface area (Å²) in [5.74, 6) is -0.862. The second-order valence-corrected chi connectivity index (χ2v) is 3.61. The molecule has 0 aromatic rings. The maximum atomic E-state index is 10.6. The summed E-state index contributed by atoms with van der Waals surface area (Å²) in [6.07, 6.45) is 9.62. The van der Waals surface area contributed by atoms with Crippen LogP contribution in [0.1, 0.15) is 45.4 Å². The van der Waals surface area contributed by atoms with Crippen molar-refractivity contribution in [2.75, 3.05) is 7.11 Å². The van der Waals surface area contributed by atoms with E-state index in [9.17, 15) is 4.79 Å². The molecule has 15 heavy (non-hydrogen) atoms. The van der Waals surface area contributed by atoms with E-state index in [0.717, 1.165) is 25.7 Å². The first-order chi connectivity index (χ1) is 7.22. The van der Waals surface area contributed by atoms with E-state index in [-0.39, 0.29) is 0 Å². The number of ether oxygens (including phenoxy) is 1. The normalized spacial score (nSPS) is 13.2. The van der Waals surface area contributed by atoms with Crippen molar-refractivity contribution in [2.24, 2.45) is 0 Å². The molecule has 0 aliphatic heterocycles. The summed E-state index contributed by atoms with van der Waals surface area (Å²) in [6, 6.07) is 0. The Morgan fingerprint density at radius 1 is 1.33 bits per heavy atom. The Hall–Kier alpha value is -0.830. The van der Waals surface area contributed by atoms with Crippen LogP contribution >= 0.6 is 0 Å². The Morgan fingerprint density at radius 3 is 2.53 bits per heavy atom. The van der Waals surface area contributed by atoms with Crippen molar-refractivity contribution < 1.29 is 14.6 Å². The van der Waals surface area contributed by atoms with Gasteiger partial charge in [0, 0.05) is 7.11 Å². The summed E-state index contributed by atoms with van der Waals surface area (Å²) >= 11 is 0. The van der Waals surface area contributed by atoms with Gasteiger partial charge < -0.3 is 9.84 Å². The van der Waals surface area contributed by atoms with Crippen LogP contribution in [0.2, 0.25) is 0 Å². The third-order valence-corrected chi connectivity index (χ3v) is 2.27. The molecule has 0 amide bonds. The molecule has 0 aliphatic rings. The van der Waals surface area contributed by atoms with Crippen LogP contribution in [0.4, 0.5) is 0 Å². The highest BCUT2D eigenvalue weighted by Gasteiger charge is 2.14. The summed E-state index contributed by atoms with van der Waals surface area (Å²) in [7, 11) is 1.44. The predicted octanol–water partition coefficient (Wildman–Crippen LogP) is 3.00. The van der Waals surface area contributed by atoms with Gasteiger partial charge in [0.2, 0.25) is 0 Å². The highest BCUT2D eigenvalue weighted by molar-refractivity contribution is 5.72. The summed E-state index contributed by atoms with van der Waals surface area (Å²) in [5, 5.41) is 8.71. The first kappa shape index (κ1) is 14.2. The molecular formula is C12H22O3. The molecule has 0 rings (SSSR count). The zero-order chi connectivity index (χ0) is 11.5. The maximum absolute atomic E-state index is 10.6. The zero-order valence-corrected chi connectivity index (χ0v) is 9.74. The molecule has 3 nitrogen and oxygen atoms in total.